The second kappa shape index (κ2) is 8.01. The molecule has 0 aliphatic rings. The van der Waals surface area contributed by atoms with Crippen molar-refractivity contribution in [3.8, 4) is 0 Å². The summed E-state index contributed by atoms with van der Waals surface area (Å²) in [6, 6.07) is 9.55. The largest absolute Gasteiger partial charge is 0.445 e. The number of alkyl carbamates (subject to hydrolysis) is 1. The molecule has 0 aliphatic heterocycles. The normalized spacial score (nSPS) is 10.3. The summed E-state index contributed by atoms with van der Waals surface area (Å²) in [6.07, 6.45) is 2.13. The first kappa shape index (κ1) is 15.0. The smallest absolute Gasteiger partial charge is 0.407 e. The number of nitrogens with zero attached hydrogens (tertiary/aromatic N) is 3. The molecule has 0 fully saturated rings. The van der Waals surface area contributed by atoms with Gasteiger partial charge in [0.05, 0.1) is 5.69 Å². The van der Waals surface area contributed by atoms with Gasteiger partial charge in [0.25, 0.3) is 0 Å². The Morgan fingerprint density at radius 3 is 2.86 bits per heavy atom. The maximum atomic E-state index is 11.5. The number of rotatable bonds is 7. The summed E-state index contributed by atoms with van der Waals surface area (Å²) in [5.41, 5.74) is 7.17. The van der Waals surface area contributed by atoms with Crippen LogP contribution >= 0.6 is 0 Å². The summed E-state index contributed by atoms with van der Waals surface area (Å²) >= 11 is 0. The molecule has 7 heteroatoms. The van der Waals surface area contributed by atoms with Crippen LogP contribution in [0.25, 0.3) is 0 Å². The van der Waals surface area contributed by atoms with Crippen LogP contribution in [0.1, 0.15) is 17.7 Å². The topological polar surface area (TPSA) is 95.1 Å². The first-order valence-corrected chi connectivity index (χ1v) is 6.81. The van der Waals surface area contributed by atoms with Crippen LogP contribution in [-0.2, 0) is 24.4 Å². The first-order valence-electron chi connectivity index (χ1n) is 6.81. The second-order valence-corrected chi connectivity index (χ2v) is 4.52. The lowest BCUT2D eigenvalue weighted by molar-refractivity contribution is 0.139. The molecule has 0 bridgehead atoms. The van der Waals surface area contributed by atoms with Crippen molar-refractivity contribution < 1.29 is 9.53 Å². The molecule has 1 aromatic heterocycles. The molecule has 2 rings (SSSR count). The number of ether oxygens (including phenoxy) is 1. The first-order chi connectivity index (χ1) is 10.3. The van der Waals surface area contributed by atoms with Gasteiger partial charge < -0.3 is 15.8 Å². The quantitative estimate of drug-likeness (QED) is 0.743. The van der Waals surface area contributed by atoms with E-state index in [4.69, 9.17) is 10.5 Å². The average Bonchev–Trinajstić information content (AvgIpc) is 2.98. The summed E-state index contributed by atoms with van der Waals surface area (Å²) < 4.78 is 6.81. The lowest BCUT2D eigenvalue weighted by Crippen LogP contribution is -2.26. The van der Waals surface area contributed by atoms with Crippen molar-refractivity contribution in [2.75, 3.05) is 6.54 Å². The lowest BCUT2D eigenvalue weighted by Gasteiger charge is -2.07. The summed E-state index contributed by atoms with van der Waals surface area (Å²) in [4.78, 5) is 11.5. The highest BCUT2D eigenvalue weighted by molar-refractivity contribution is 5.67. The van der Waals surface area contributed by atoms with Crippen LogP contribution in [0.5, 0.6) is 0 Å². The molecule has 0 radical (unpaired) electrons. The number of aromatic nitrogens is 3. The van der Waals surface area contributed by atoms with E-state index in [9.17, 15) is 4.79 Å². The minimum absolute atomic E-state index is 0.273. The Kier molecular flexibility index (Phi) is 5.71. The van der Waals surface area contributed by atoms with Gasteiger partial charge in [0.1, 0.15) is 6.61 Å². The fraction of sp³-hybridized carbons (Fsp3) is 0.357. The molecular formula is C14H19N5O2. The van der Waals surface area contributed by atoms with E-state index in [-0.39, 0.29) is 6.61 Å². The van der Waals surface area contributed by atoms with Gasteiger partial charge in [0.15, 0.2) is 0 Å². The molecule has 2 aromatic rings. The molecular weight excluding hydrogens is 270 g/mol. The molecule has 112 valence electrons. The fourth-order valence-corrected chi connectivity index (χ4v) is 1.75. The highest BCUT2D eigenvalue weighted by Gasteiger charge is 2.02. The molecule has 0 unspecified atom stereocenters. The fourth-order valence-electron chi connectivity index (χ4n) is 1.75. The molecule has 0 aliphatic carbocycles. The van der Waals surface area contributed by atoms with Crippen molar-refractivity contribution in [2.24, 2.45) is 5.73 Å². The van der Waals surface area contributed by atoms with E-state index in [2.05, 4.69) is 15.6 Å². The van der Waals surface area contributed by atoms with Crippen molar-refractivity contribution in [3.63, 3.8) is 0 Å². The Bertz CT molecular complexity index is 556. The summed E-state index contributed by atoms with van der Waals surface area (Å²) in [5.74, 6) is 0. The second-order valence-electron chi connectivity index (χ2n) is 4.52. The van der Waals surface area contributed by atoms with Gasteiger partial charge in [-0.25, -0.2) is 4.79 Å². The number of hydrogen-bond donors (Lipinski definition) is 2. The number of carbonyl (C=O) groups is 1. The number of nitrogens with two attached hydrogens (primary N) is 1. The van der Waals surface area contributed by atoms with Crippen LogP contribution in [0.3, 0.4) is 0 Å². The van der Waals surface area contributed by atoms with E-state index in [0.29, 0.717) is 19.6 Å². The Hall–Kier alpha value is -2.41. The number of nitrogens with one attached hydrogen (secondary N) is 1. The highest BCUT2D eigenvalue weighted by Crippen LogP contribution is 2.00. The Morgan fingerprint density at radius 1 is 1.33 bits per heavy atom. The number of aryl methyl sites for hydroxylation is 1. The zero-order chi connectivity index (χ0) is 14.9. The maximum absolute atomic E-state index is 11.5. The van der Waals surface area contributed by atoms with E-state index in [0.717, 1.165) is 17.7 Å². The molecule has 0 saturated carbocycles. The number of amides is 1. The third-order valence-electron chi connectivity index (χ3n) is 2.84. The van der Waals surface area contributed by atoms with E-state index in [1.54, 1.807) is 10.9 Å². The molecule has 1 aromatic carbocycles. The van der Waals surface area contributed by atoms with Gasteiger partial charge in [-0.15, -0.1) is 5.10 Å². The maximum Gasteiger partial charge on any atom is 0.407 e. The Labute approximate surface area is 123 Å². The van der Waals surface area contributed by atoms with Crippen molar-refractivity contribution >= 4 is 6.09 Å². The van der Waals surface area contributed by atoms with Gasteiger partial charge in [-0.3, -0.25) is 4.68 Å². The standard InChI is InChI=1S/C14H19N5O2/c15-9-13-10-19(18-17-13)8-4-7-16-14(20)21-11-12-5-2-1-3-6-12/h1-3,5-6,10H,4,7-9,11,15H2,(H,16,20). The lowest BCUT2D eigenvalue weighted by atomic mass is 10.2. The predicted molar refractivity (Wildman–Crippen MR) is 77.2 cm³/mol. The van der Waals surface area contributed by atoms with Crippen LogP contribution in [0.2, 0.25) is 0 Å². The third kappa shape index (κ3) is 5.23. The van der Waals surface area contributed by atoms with Gasteiger partial charge in [-0.2, -0.15) is 0 Å². The molecule has 0 spiro atoms. The van der Waals surface area contributed by atoms with Crippen LogP contribution < -0.4 is 11.1 Å². The molecule has 7 nitrogen and oxygen atoms in total. The van der Waals surface area contributed by atoms with Crippen LogP contribution in [0.4, 0.5) is 4.79 Å². The molecule has 3 N–H and O–H groups in total. The van der Waals surface area contributed by atoms with E-state index in [1.807, 2.05) is 30.3 Å². The van der Waals surface area contributed by atoms with Gasteiger partial charge in [0, 0.05) is 25.8 Å². The average molecular weight is 289 g/mol. The zero-order valence-electron chi connectivity index (χ0n) is 11.7. The third-order valence-corrected chi connectivity index (χ3v) is 2.84. The highest BCUT2D eigenvalue weighted by atomic mass is 16.5. The molecule has 21 heavy (non-hydrogen) atoms. The summed E-state index contributed by atoms with van der Waals surface area (Å²) in [6.45, 7) is 1.84. The Balaban J connectivity index is 1.59. The van der Waals surface area contributed by atoms with Crippen LogP contribution in [0.15, 0.2) is 36.5 Å². The van der Waals surface area contributed by atoms with E-state index >= 15 is 0 Å². The predicted octanol–water partition coefficient (Wildman–Crippen LogP) is 1.05. The van der Waals surface area contributed by atoms with Gasteiger partial charge >= 0.3 is 6.09 Å². The summed E-state index contributed by atoms with van der Waals surface area (Å²) in [5, 5.41) is 10.5. The van der Waals surface area contributed by atoms with Gasteiger partial charge in [-0.05, 0) is 12.0 Å². The molecule has 0 atom stereocenters. The molecule has 1 amide bonds. The number of carbonyl (C=O) groups excluding carboxylic acids is 1. The minimum Gasteiger partial charge on any atom is -0.445 e. The molecule has 1 heterocycles. The Morgan fingerprint density at radius 2 is 2.14 bits per heavy atom. The summed E-state index contributed by atoms with van der Waals surface area (Å²) in [7, 11) is 0. The van der Waals surface area contributed by atoms with Crippen LogP contribution in [-0.4, -0.2) is 27.6 Å². The van der Waals surface area contributed by atoms with Crippen molar-refractivity contribution in [3.05, 3.63) is 47.8 Å². The van der Waals surface area contributed by atoms with E-state index in [1.165, 1.54) is 0 Å². The minimum atomic E-state index is -0.417. The number of benzene rings is 1. The zero-order valence-corrected chi connectivity index (χ0v) is 11.7. The van der Waals surface area contributed by atoms with Crippen molar-refractivity contribution in [1.82, 2.24) is 20.3 Å². The van der Waals surface area contributed by atoms with Crippen molar-refractivity contribution in [2.45, 2.75) is 26.1 Å². The molecule has 0 saturated heterocycles. The van der Waals surface area contributed by atoms with E-state index < -0.39 is 6.09 Å². The van der Waals surface area contributed by atoms with Gasteiger partial charge in [-0.1, -0.05) is 35.5 Å². The number of hydrogen-bond acceptors (Lipinski definition) is 5. The van der Waals surface area contributed by atoms with Crippen LogP contribution in [0, 0.1) is 0 Å². The van der Waals surface area contributed by atoms with Crippen molar-refractivity contribution in [1.29, 1.82) is 0 Å². The monoisotopic (exact) mass is 289 g/mol. The van der Waals surface area contributed by atoms with Gasteiger partial charge in [0.2, 0.25) is 0 Å². The SMILES string of the molecule is NCc1cn(CCCNC(=O)OCc2ccccc2)nn1.